The molecule has 23 nitrogen and oxygen atoms in total. The molecule has 0 amide bonds. The van der Waals surface area contributed by atoms with Crippen molar-refractivity contribution in [3.63, 3.8) is 0 Å². The number of halogens is 1. The van der Waals surface area contributed by atoms with E-state index in [0.717, 1.165) is 139 Å². The first kappa shape index (κ1) is 82.4. The SMILES string of the molecule is CC(=O)c1cnc2cc(N3C4CC[C@H]3CC(OCc3c(-c5ccccc5C)noc3C3CC3)C4)ccn12.CCC1CCCO1.Cc1ccccc1-c1noc(C2CC2)c1COC1CC2CC[C@@H](C1)N2.Cc1ccccc1-c1noc(C2CC2)c1COC1CC2CC[C@@H](C1)N2c1ccn2c(C(=O)O)cnc2c1.OO.[I-].[K+].[OH-]. The van der Waals surface area contributed by atoms with Crippen molar-refractivity contribution in [2.75, 3.05) is 16.4 Å². The average molecular weight is 1650 g/mol. The summed E-state index contributed by atoms with van der Waals surface area (Å²) in [5, 5.41) is 38.5. The summed E-state index contributed by atoms with van der Waals surface area (Å²) in [6, 6.07) is 36.4. The minimum atomic E-state index is -0.971. The van der Waals surface area contributed by atoms with E-state index in [9.17, 15) is 14.7 Å². The number of anilines is 2. The van der Waals surface area contributed by atoms with Crippen molar-refractivity contribution in [3.05, 3.63) is 184 Å². The number of benzene rings is 3. The number of nitrogens with zero attached hydrogens (tertiary/aromatic N) is 9. The zero-order chi connectivity index (χ0) is 74.1. The molecule has 25 heteroatoms. The van der Waals surface area contributed by atoms with Crippen LogP contribution in [-0.4, -0.2) is 134 Å². The number of ether oxygens (including phenoxy) is 4. The van der Waals surface area contributed by atoms with Gasteiger partial charge in [-0.15, -0.1) is 0 Å². The van der Waals surface area contributed by atoms with Crippen LogP contribution < -0.4 is 90.5 Å². The minimum absolute atomic E-state index is 0. The normalized spacial score (nSPS) is 23.9. The van der Waals surface area contributed by atoms with Gasteiger partial charge in [-0.2, -0.15) is 0 Å². The Morgan fingerprint density at radius 3 is 1.22 bits per heavy atom. The Morgan fingerprint density at radius 1 is 0.514 bits per heavy atom. The summed E-state index contributed by atoms with van der Waals surface area (Å²) < 4.78 is 46.0. The van der Waals surface area contributed by atoms with E-state index >= 15 is 0 Å². The summed E-state index contributed by atoms with van der Waals surface area (Å²) in [7, 11) is 0. The fraction of sp³-hybridized carbons (Fsp3) is 0.500. The number of aromatic nitrogens is 7. The number of carbonyl (C=O) groups excluding carboxylic acids is 1. The van der Waals surface area contributed by atoms with Crippen molar-refractivity contribution < 1.29 is 139 Å². The van der Waals surface area contributed by atoms with Crippen molar-refractivity contribution in [2.24, 2.45) is 0 Å². The molecular weight excluding hydrogens is 1550 g/mol. The Morgan fingerprint density at radius 2 is 0.883 bits per heavy atom. The number of pyridine rings is 2. The molecule has 0 radical (unpaired) electrons. The summed E-state index contributed by atoms with van der Waals surface area (Å²) in [4.78, 5) is 37.2. The Balaban J connectivity index is 0.000000138. The second-order valence-electron chi connectivity index (χ2n) is 31.7. The van der Waals surface area contributed by atoms with E-state index in [1.807, 2.05) is 28.9 Å². The van der Waals surface area contributed by atoms with Crippen LogP contribution in [0.5, 0.6) is 0 Å². The first-order chi connectivity index (χ1) is 52.8. The van der Waals surface area contributed by atoms with Crippen LogP contribution in [-0.2, 0) is 38.8 Å². The Hall–Kier alpha value is -6.54. The molecule has 20 rings (SSSR count). The molecule has 3 aromatic carbocycles. The Labute approximate surface area is 707 Å². The fourth-order valence-electron chi connectivity index (χ4n) is 18.3. The average Bonchev–Trinajstić information content (AvgIpc) is 1.66. The van der Waals surface area contributed by atoms with Gasteiger partial charge in [0.15, 0.2) is 11.5 Å². The minimum Gasteiger partial charge on any atom is -1.00 e. The smallest absolute Gasteiger partial charge is 1.00 e. The molecule has 7 saturated heterocycles. The van der Waals surface area contributed by atoms with E-state index < -0.39 is 5.97 Å². The Bertz CT molecular complexity index is 4540. The number of piperidine rings is 3. The maximum atomic E-state index is 11.9. The first-order valence-electron chi connectivity index (χ1n) is 39.6. The molecule has 5 N–H and O–H groups in total. The summed E-state index contributed by atoms with van der Waals surface area (Å²) in [6.45, 7) is 12.8. The van der Waals surface area contributed by atoms with Gasteiger partial charge in [-0.1, -0.05) is 95.2 Å². The zero-order valence-corrected chi connectivity index (χ0v) is 69.9. The number of Topliss-reactive ketones (excluding diaryl/α,β-unsaturated/α-hetero) is 1. The van der Waals surface area contributed by atoms with Gasteiger partial charge in [0.2, 0.25) is 0 Å². The van der Waals surface area contributed by atoms with Gasteiger partial charge < -0.3 is 82.2 Å². The van der Waals surface area contributed by atoms with E-state index in [4.69, 9.17) is 43.0 Å². The molecule has 6 bridgehead atoms. The van der Waals surface area contributed by atoms with Crippen LogP contribution in [0.15, 0.2) is 135 Å². The quantitative estimate of drug-likeness (QED) is 0.0181. The van der Waals surface area contributed by atoms with Gasteiger partial charge in [-0.05, 0) is 184 Å². The molecule has 10 aromatic rings. The van der Waals surface area contributed by atoms with Crippen LogP contribution in [0.1, 0.15) is 238 Å². The van der Waals surface area contributed by atoms with Crippen LogP contribution in [0.25, 0.3) is 45.1 Å². The van der Waals surface area contributed by atoms with Gasteiger partial charge >= 0.3 is 57.4 Å². The number of aryl methyl sites for hydroxylation is 3. The number of aromatic carboxylic acids is 1. The maximum absolute atomic E-state index is 11.9. The number of carboxylic acid groups (broad SMARTS) is 1. The Kier molecular flexibility index (Phi) is 27.4. The number of imidazole rings is 2. The van der Waals surface area contributed by atoms with Crippen molar-refractivity contribution >= 4 is 34.4 Å². The van der Waals surface area contributed by atoms with E-state index in [0.29, 0.717) is 97.4 Å². The van der Waals surface area contributed by atoms with Gasteiger partial charge in [0, 0.05) is 137 Å². The summed E-state index contributed by atoms with van der Waals surface area (Å²) in [5.74, 6) is 3.67. The molecule has 7 unspecified atom stereocenters. The number of ketones is 1. The molecule has 7 aromatic heterocycles. The van der Waals surface area contributed by atoms with Crippen LogP contribution in [0.3, 0.4) is 0 Å². The van der Waals surface area contributed by atoms with E-state index in [1.165, 1.54) is 110 Å². The molecule has 3 aliphatic carbocycles. The second-order valence-corrected chi connectivity index (χ2v) is 31.7. The van der Waals surface area contributed by atoms with Gasteiger partial charge in [-0.25, -0.2) is 14.8 Å². The topological polar surface area (TPSA) is 293 Å². The van der Waals surface area contributed by atoms with Crippen molar-refractivity contribution in [1.29, 1.82) is 0 Å². The molecular formula is C86H103IKN10O13-. The molecule has 0 spiro atoms. The molecule has 111 heavy (non-hydrogen) atoms. The second kappa shape index (κ2) is 36.9. The zero-order valence-electron chi connectivity index (χ0n) is 64.6. The summed E-state index contributed by atoms with van der Waals surface area (Å²) >= 11 is 0. The number of carboxylic acids is 1. The van der Waals surface area contributed by atoms with Gasteiger partial charge in [0.25, 0.3) is 0 Å². The van der Waals surface area contributed by atoms with E-state index in [1.54, 1.807) is 17.5 Å². The predicted molar refractivity (Wildman–Crippen MR) is 412 cm³/mol. The van der Waals surface area contributed by atoms with Gasteiger partial charge in [0.1, 0.15) is 51.4 Å². The van der Waals surface area contributed by atoms with Crippen LogP contribution in [0.4, 0.5) is 11.4 Å². The number of fused-ring (bicyclic) bond motifs is 8. The van der Waals surface area contributed by atoms with Crippen molar-refractivity contribution in [1.82, 2.24) is 39.6 Å². The molecule has 3 saturated carbocycles. The molecule has 7 aliphatic heterocycles. The number of hydrogen-bond donors (Lipinski definition) is 4. The monoisotopic (exact) mass is 1650 g/mol. The van der Waals surface area contributed by atoms with Crippen LogP contribution >= 0.6 is 0 Å². The summed E-state index contributed by atoms with van der Waals surface area (Å²) in [5.41, 5.74) is 17.9. The van der Waals surface area contributed by atoms with Gasteiger partial charge in [0.05, 0.1) is 56.6 Å². The summed E-state index contributed by atoms with van der Waals surface area (Å²) in [6.07, 6.45) is 32.6. The van der Waals surface area contributed by atoms with Gasteiger partial charge in [-0.3, -0.25) is 24.1 Å². The standard InChI is InChI=1S/C30H32N4O3.C29H30N4O4.C21H26N2O2.C6H12O.HI.K.H2O2.H2O/c1-18-5-3-4-6-25(18)29-26(30(37-32-29)20-7-8-20)17-36-24-13-21-9-10-22(14-24)34(21)23-11-12-33-27(19(2)35)16-31-28(33)15-23;1-17-4-2-3-5-23(17)27-24(28(37-31-27)18-6-7-18)16-36-22-12-19-8-9-20(13-22)33(19)21-10-11-32-25(29(34)35)15-30-26(32)14-21;1-13-4-2-3-5-18(13)20-19(21(25-23-20)14-6-7-14)12-24-17-10-15-8-9-16(11-17)22-15;1-2-6-4-3-5-7-6;;;1-2;/h3-6,11-12,15-16,20-22,24H,7-10,13-14,17H2,1-2H3;2-5,10-11,14-15,18-20,22H,6-9,12-13,16H2,1H3,(H,34,35);2-5,14-17,22H,6-12H2,1H3;6H,2-5H2,1H3;1H;;1-2H;1H2/q;;;;;+1;;/p-2/t21-,22?,24?;19-,20?,22?;15-,16?,17?;;;;;/m000...../s1. The first-order valence-corrected chi connectivity index (χ1v) is 39.6. The predicted octanol–water partition coefficient (Wildman–Crippen LogP) is 11.4. The van der Waals surface area contributed by atoms with Crippen LogP contribution in [0.2, 0.25) is 0 Å². The maximum Gasteiger partial charge on any atom is 1.00 e. The molecule has 584 valence electrons. The van der Waals surface area contributed by atoms with Crippen molar-refractivity contribution in [2.45, 2.75) is 268 Å². The number of carbonyl (C=O) groups is 2. The number of rotatable bonds is 20. The molecule has 10 atom stereocenters. The van der Waals surface area contributed by atoms with Crippen LogP contribution in [0, 0.1) is 20.8 Å². The molecule has 10 fully saturated rings. The van der Waals surface area contributed by atoms with E-state index in [2.05, 4.69) is 153 Å². The number of hydrogen-bond acceptors (Lipinski definition) is 20. The van der Waals surface area contributed by atoms with Crippen molar-refractivity contribution in [3.8, 4) is 33.8 Å². The molecule has 10 aliphatic rings. The third-order valence-corrected chi connectivity index (χ3v) is 24.3. The van der Waals surface area contributed by atoms with E-state index in [-0.39, 0.29) is 105 Å². The third kappa shape index (κ3) is 18.3. The molecule has 14 heterocycles. The largest absolute Gasteiger partial charge is 1.00 e. The number of nitrogens with one attached hydrogen (secondary N) is 1. The third-order valence-electron chi connectivity index (χ3n) is 24.3. The fourth-order valence-corrected chi connectivity index (χ4v) is 18.3.